The minimum atomic E-state index is 0.0391. The molecule has 1 fully saturated rings. The molecule has 2 aliphatic rings. The third kappa shape index (κ3) is 3.85. The van der Waals surface area contributed by atoms with Crippen LogP contribution in [0, 0.1) is 5.92 Å². The number of nitrogens with one attached hydrogen (secondary N) is 1. The van der Waals surface area contributed by atoms with E-state index < -0.39 is 0 Å². The first-order chi connectivity index (χ1) is 11.1. The molecule has 2 amide bonds. The second-order valence-electron chi connectivity index (χ2n) is 7.19. The van der Waals surface area contributed by atoms with E-state index in [-0.39, 0.29) is 6.03 Å². The Bertz CT molecular complexity index is 541. The Labute approximate surface area is 138 Å². The summed E-state index contributed by atoms with van der Waals surface area (Å²) in [7, 11) is 0. The average molecular weight is 319 g/mol. The molecular weight excluding hydrogens is 290 g/mol. The molecule has 0 bridgehead atoms. The highest BCUT2D eigenvalue weighted by Crippen LogP contribution is 2.21. The monoisotopic (exact) mass is 319 g/mol. The zero-order chi connectivity index (χ0) is 16.2. The van der Waals surface area contributed by atoms with Crippen LogP contribution < -0.4 is 5.32 Å². The van der Waals surface area contributed by atoms with E-state index in [1.54, 1.807) is 0 Å². The summed E-state index contributed by atoms with van der Waals surface area (Å²) in [5.41, 5.74) is 0. The maximum absolute atomic E-state index is 12.6. The van der Waals surface area contributed by atoms with Gasteiger partial charge in [-0.05, 0) is 38.5 Å². The molecule has 0 radical (unpaired) electrons. The fourth-order valence-corrected chi connectivity index (χ4v) is 3.74. The first-order valence-electron chi connectivity index (χ1n) is 9.10. The number of aryl methyl sites for hydroxylation is 1. The molecule has 1 aromatic heterocycles. The number of nitrogens with zero attached hydrogens (tertiary/aromatic N) is 4. The van der Waals surface area contributed by atoms with E-state index in [1.807, 2.05) is 4.90 Å². The Morgan fingerprint density at radius 1 is 1.17 bits per heavy atom. The standard InChI is InChI=1S/C17H29N5O/c1-13-7-6-8-14(2)22(12-13)17(23)18-11-16-20-19-15-9-4-3-5-10-21(15)16/h13-14H,3-12H2,1-2H3,(H,18,23). The summed E-state index contributed by atoms with van der Waals surface area (Å²) in [5, 5.41) is 11.7. The molecule has 6 heteroatoms. The highest BCUT2D eigenvalue weighted by Gasteiger charge is 2.25. The molecule has 3 heterocycles. The Balaban J connectivity index is 1.61. The number of likely N-dealkylation sites (tertiary alicyclic amines) is 1. The zero-order valence-electron chi connectivity index (χ0n) is 14.4. The summed E-state index contributed by atoms with van der Waals surface area (Å²) < 4.78 is 2.20. The zero-order valence-corrected chi connectivity index (χ0v) is 14.4. The lowest BCUT2D eigenvalue weighted by atomic mass is 10.1. The molecule has 2 atom stereocenters. The number of rotatable bonds is 2. The van der Waals surface area contributed by atoms with Crippen LogP contribution in [0.3, 0.4) is 0 Å². The normalized spacial score (nSPS) is 25.4. The smallest absolute Gasteiger partial charge is 0.318 e. The number of aromatic nitrogens is 3. The Morgan fingerprint density at radius 3 is 2.91 bits per heavy atom. The predicted octanol–water partition coefficient (Wildman–Crippen LogP) is 2.72. The van der Waals surface area contributed by atoms with Crippen LogP contribution in [0.2, 0.25) is 0 Å². The molecule has 0 spiro atoms. The second-order valence-corrected chi connectivity index (χ2v) is 7.19. The molecule has 2 aliphatic heterocycles. The van der Waals surface area contributed by atoms with Crippen molar-refractivity contribution < 1.29 is 4.79 Å². The molecule has 0 saturated carbocycles. The number of hydrogen-bond donors (Lipinski definition) is 1. The molecule has 23 heavy (non-hydrogen) atoms. The molecule has 3 rings (SSSR count). The average Bonchev–Trinajstić information content (AvgIpc) is 2.69. The molecule has 1 aromatic rings. The number of amides is 2. The molecule has 6 nitrogen and oxygen atoms in total. The van der Waals surface area contributed by atoms with Gasteiger partial charge in [-0.1, -0.05) is 19.8 Å². The van der Waals surface area contributed by atoms with Gasteiger partial charge in [-0.15, -0.1) is 10.2 Å². The van der Waals surface area contributed by atoms with Crippen molar-refractivity contribution in [1.82, 2.24) is 25.0 Å². The van der Waals surface area contributed by atoms with E-state index in [4.69, 9.17) is 0 Å². The van der Waals surface area contributed by atoms with Crippen LogP contribution in [0.15, 0.2) is 0 Å². The van der Waals surface area contributed by atoms with Gasteiger partial charge >= 0.3 is 6.03 Å². The molecule has 2 unspecified atom stereocenters. The number of fused-ring (bicyclic) bond motifs is 1. The second kappa shape index (κ2) is 7.32. The number of urea groups is 1. The Hall–Kier alpha value is -1.59. The van der Waals surface area contributed by atoms with E-state index >= 15 is 0 Å². The summed E-state index contributed by atoms with van der Waals surface area (Å²) in [6, 6.07) is 0.354. The lowest BCUT2D eigenvalue weighted by molar-refractivity contribution is 0.172. The van der Waals surface area contributed by atoms with Crippen LogP contribution >= 0.6 is 0 Å². The summed E-state index contributed by atoms with van der Waals surface area (Å²) >= 11 is 0. The Morgan fingerprint density at radius 2 is 2.04 bits per heavy atom. The van der Waals surface area contributed by atoms with Gasteiger partial charge < -0.3 is 14.8 Å². The van der Waals surface area contributed by atoms with E-state index in [1.165, 1.54) is 32.1 Å². The van der Waals surface area contributed by atoms with Gasteiger partial charge in [0.25, 0.3) is 0 Å². The quantitative estimate of drug-likeness (QED) is 0.911. The van der Waals surface area contributed by atoms with Crippen LogP contribution in [-0.2, 0) is 19.5 Å². The maximum atomic E-state index is 12.6. The fourth-order valence-electron chi connectivity index (χ4n) is 3.74. The largest absolute Gasteiger partial charge is 0.331 e. The predicted molar refractivity (Wildman–Crippen MR) is 89.0 cm³/mol. The van der Waals surface area contributed by atoms with Gasteiger partial charge in [-0.2, -0.15) is 0 Å². The number of hydrogen-bond acceptors (Lipinski definition) is 3. The highest BCUT2D eigenvalue weighted by molar-refractivity contribution is 5.74. The lowest BCUT2D eigenvalue weighted by Gasteiger charge is -2.28. The van der Waals surface area contributed by atoms with Crippen molar-refractivity contribution in [1.29, 1.82) is 0 Å². The van der Waals surface area contributed by atoms with E-state index in [9.17, 15) is 4.79 Å². The van der Waals surface area contributed by atoms with Crippen molar-refractivity contribution in [3.05, 3.63) is 11.6 Å². The summed E-state index contributed by atoms with van der Waals surface area (Å²) in [5.74, 6) is 2.55. The minimum absolute atomic E-state index is 0.0391. The van der Waals surface area contributed by atoms with Crippen LogP contribution in [-0.4, -0.2) is 38.3 Å². The van der Waals surface area contributed by atoms with E-state index in [0.29, 0.717) is 18.5 Å². The van der Waals surface area contributed by atoms with Crippen molar-refractivity contribution in [3.8, 4) is 0 Å². The molecule has 0 aliphatic carbocycles. The summed E-state index contributed by atoms with van der Waals surface area (Å²) in [6.45, 7) is 6.69. The van der Waals surface area contributed by atoms with Gasteiger partial charge in [0, 0.05) is 25.6 Å². The van der Waals surface area contributed by atoms with Gasteiger partial charge in [0.15, 0.2) is 5.82 Å². The topological polar surface area (TPSA) is 63.1 Å². The van der Waals surface area contributed by atoms with Gasteiger partial charge in [0.05, 0.1) is 6.54 Å². The van der Waals surface area contributed by atoms with Crippen molar-refractivity contribution in [2.24, 2.45) is 5.92 Å². The first-order valence-corrected chi connectivity index (χ1v) is 9.10. The van der Waals surface area contributed by atoms with Gasteiger partial charge in [0.2, 0.25) is 0 Å². The van der Waals surface area contributed by atoms with Gasteiger partial charge in [-0.3, -0.25) is 0 Å². The summed E-state index contributed by atoms with van der Waals surface area (Å²) in [6.07, 6.45) is 8.13. The number of carbonyl (C=O) groups is 1. The lowest BCUT2D eigenvalue weighted by Crippen LogP contribution is -2.45. The van der Waals surface area contributed by atoms with Crippen LogP contribution in [0.4, 0.5) is 4.79 Å². The fraction of sp³-hybridized carbons (Fsp3) is 0.824. The third-order valence-electron chi connectivity index (χ3n) is 5.20. The molecular formula is C17H29N5O. The number of carbonyl (C=O) groups excluding carboxylic acids is 1. The van der Waals surface area contributed by atoms with Crippen molar-refractivity contribution >= 4 is 6.03 Å². The maximum Gasteiger partial charge on any atom is 0.318 e. The van der Waals surface area contributed by atoms with Crippen molar-refractivity contribution in [3.63, 3.8) is 0 Å². The molecule has 1 N–H and O–H groups in total. The van der Waals surface area contributed by atoms with E-state index in [2.05, 4.69) is 33.9 Å². The van der Waals surface area contributed by atoms with Gasteiger partial charge in [0.1, 0.15) is 5.82 Å². The SMILES string of the molecule is CC1CCCC(C)N(C(=O)NCc2nnc3n2CCCCC3)C1. The van der Waals surface area contributed by atoms with Crippen LogP contribution in [0.1, 0.15) is 64.0 Å². The van der Waals surface area contributed by atoms with E-state index in [0.717, 1.165) is 37.6 Å². The van der Waals surface area contributed by atoms with Crippen LogP contribution in [0.5, 0.6) is 0 Å². The van der Waals surface area contributed by atoms with Crippen molar-refractivity contribution in [2.75, 3.05) is 6.54 Å². The molecule has 0 aromatic carbocycles. The third-order valence-corrected chi connectivity index (χ3v) is 5.20. The first kappa shape index (κ1) is 16.3. The molecule has 1 saturated heterocycles. The summed E-state index contributed by atoms with van der Waals surface area (Å²) in [4.78, 5) is 14.6. The molecule has 128 valence electrons. The van der Waals surface area contributed by atoms with Crippen LogP contribution in [0.25, 0.3) is 0 Å². The van der Waals surface area contributed by atoms with Crippen molar-refractivity contribution in [2.45, 2.75) is 77.9 Å². The van der Waals surface area contributed by atoms with Gasteiger partial charge in [-0.25, -0.2) is 4.79 Å². The highest BCUT2D eigenvalue weighted by atomic mass is 16.2. The minimum Gasteiger partial charge on any atom is -0.331 e. The Kier molecular flexibility index (Phi) is 5.18.